The van der Waals surface area contributed by atoms with Crippen LogP contribution in [0.15, 0.2) is 18.2 Å². The molecule has 0 radical (unpaired) electrons. The zero-order valence-corrected chi connectivity index (χ0v) is 11.8. The number of benzene rings is 1. The Morgan fingerprint density at radius 2 is 2.10 bits per heavy atom. The number of carbonyl (C=O) groups excluding carboxylic acids is 1. The molecule has 4 nitrogen and oxygen atoms in total. The number of amides is 1. The van der Waals surface area contributed by atoms with Gasteiger partial charge in [0.05, 0.1) is 5.69 Å². The van der Waals surface area contributed by atoms with Gasteiger partial charge in [-0.2, -0.15) is 0 Å². The maximum Gasteiger partial charge on any atom is 0.262 e. The summed E-state index contributed by atoms with van der Waals surface area (Å²) in [5.74, 6) is 1.55. The smallest absolute Gasteiger partial charge is 0.262 e. The van der Waals surface area contributed by atoms with Gasteiger partial charge >= 0.3 is 0 Å². The zero-order valence-electron chi connectivity index (χ0n) is 11.8. The standard InChI is InChI=1S/C16H22N2O2/c19-16-11-20-15-7-6-13(10-14(15)18-16)17-9-8-12-4-2-1-3-5-12/h6-7,10,12,17H,1-5,8-9,11H2,(H,18,19). The molecule has 20 heavy (non-hydrogen) atoms. The highest BCUT2D eigenvalue weighted by Gasteiger charge is 2.16. The van der Waals surface area contributed by atoms with Crippen molar-refractivity contribution >= 4 is 17.3 Å². The van der Waals surface area contributed by atoms with Crippen LogP contribution < -0.4 is 15.4 Å². The minimum atomic E-state index is -0.0862. The molecule has 0 aromatic heterocycles. The summed E-state index contributed by atoms with van der Waals surface area (Å²) in [5, 5.41) is 6.29. The molecule has 0 saturated heterocycles. The Labute approximate surface area is 119 Å². The first-order chi connectivity index (χ1) is 9.81. The van der Waals surface area contributed by atoms with Crippen LogP contribution >= 0.6 is 0 Å². The largest absolute Gasteiger partial charge is 0.482 e. The molecule has 1 aromatic rings. The van der Waals surface area contributed by atoms with Crippen LogP contribution in [-0.4, -0.2) is 19.1 Å². The van der Waals surface area contributed by atoms with Crippen LogP contribution in [0.4, 0.5) is 11.4 Å². The van der Waals surface area contributed by atoms with Gasteiger partial charge in [0.15, 0.2) is 6.61 Å². The summed E-state index contributed by atoms with van der Waals surface area (Å²) in [4.78, 5) is 11.3. The lowest BCUT2D eigenvalue weighted by Gasteiger charge is -2.22. The van der Waals surface area contributed by atoms with Crippen molar-refractivity contribution in [2.75, 3.05) is 23.8 Å². The topological polar surface area (TPSA) is 50.4 Å². The molecule has 1 saturated carbocycles. The molecule has 4 heteroatoms. The number of carbonyl (C=O) groups is 1. The second-order valence-corrected chi connectivity index (χ2v) is 5.77. The summed E-state index contributed by atoms with van der Waals surface area (Å²) in [7, 11) is 0. The number of nitrogens with one attached hydrogen (secondary N) is 2. The van der Waals surface area contributed by atoms with Gasteiger partial charge in [-0.15, -0.1) is 0 Å². The molecule has 108 valence electrons. The lowest BCUT2D eigenvalue weighted by Crippen LogP contribution is -2.25. The molecule has 0 bridgehead atoms. The van der Waals surface area contributed by atoms with Gasteiger partial charge < -0.3 is 15.4 Å². The quantitative estimate of drug-likeness (QED) is 0.884. The Morgan fingerprint density at radius 3 is 2.95 bits per heavy atom. The van der Waals surface area contributed by atoms with E-state index in [0.29, 0.717) is 0 Å². The van der Waals surface area contributed by atoms with Crippen molar-refractivity contribution in [3.63, 3.8) is 0 Å². The van der Waals surface area contributed by atoms with Crippen molar-refractivity contribution in [2.24, 2.45) is 5.92 Å². The minimum Gasteiger partial charge on any atom is -0.482 e. The van der Waals surface area contributed by atoms with Crippen LogP contribution in [0.1, 0.15) is 38.5 Å². The van der Waals surface area contributed by atoms with E-state index in [1.54, 1.807) is 0 Å². The Hall–Kier alpha value is -1.71. The van der Waals surface area contributed by atoms with Crippen LogP contribution in [-0.2, 0) is 4.79 Å². The predicted octanol–water partition coefficient (Wildman–Crippen LogP) is 3.40. The van der Waals surface area contributed by atoms with E-state index in [9.17, 15) is 4.79 Å². The molecule has 2 aliphatic rings. The molecule has 0 spiro atoms. The highest BCUT2D eigenvalue weighted by molar-refractivity contribution is 5.95. The molecule has 1 heterocycles. The average Bonchev–Trinajstić information content (AvgIpc) is 2.48. The van der Waals surface area contributed by atoms with Crippen LogP contribution in [0, 0.1) is 5.92 Å². The molecule has 0 atom stereocenters. The Balaban J connectivity index is 1.52. The van der Waals surface area contributed by atoms with Gasteiger partial charge in [0.25, 0.3) is 5.91 Å². The third-order valence-corrected chi connectivity index (χ3v) is 4.22. The SMILES string of the molecule is O=C1COc2ccc(NCCC3CCCCC3)cc2N1. The molecule has 1 amide bonds. The Kier molecular flexibility index (Phi) is 4.09. The van der Waals surface area contributed by atoms with Crippen molar-refractivity contribution in [1.29, 1.82) is 0 Å². The maximum absolute atomic E-state index is 11.3. The monoisotopic (exact) mass is 274 g/mol. The second kappa shape index (κ2) is 6.16. The van der Waals surface area contributed by atoms with Crippen LogP contribution in [0.2, 0.25) is 0 Å². The third kappa shape index (κ3) is 3.24. The number of anilines is 2. The second-order valence-electron chi connectivity index (χ2n) is 5.77. The molecule has 1 aliphatic heterocycles. The summed E-state index contributed by atoms with van der Waals surface area (Å²) in [5.41, 5.74) is 1.81. The predicted molar refractivity (Wildman–Crippen MR) is 80.2 cm³/mol. The number of rotatable bonds is 4. The minimum absolute atomic E-state index is 0.0862. The maximum atomic E-state index is 11.3. The van der Waals surface area contributed by atoms with Gasteiger partial charge in [-0.25, -0.2) is 0 Å². The molecule has 0 unspecified atom stereocenters. The van der Waals surface area contributed by atoms with E-state index in [1.165, 1.54) is 38.5 Å². The first-order valence-corrected chi connectivity index (χ1v) is 7.62. The van der Waals surface area contributed by atoms with Crippen molar-refractivity contribution in [3.8, 4) is 5.75 Å². The molecule has 1 aromatic carbocycles. The van der Waals surface area contributed by atoms with Crippen LogP contribution in [0.25, 0.3) is 0 Å². The lowest BCUT2D eigenvalue weighted by molar-refractivity contribution is -0.118. The van der Waals surface area contributed by atoms with Gasteiger partial charge in [0, 0.05) is 12.2 Å². The summed E-state index contributed by atoms with van der Waals surface area (Å²) in [6.07, 6.45) is 8.21. The van der Waals surface area contributed by atoms with E-state index in [0.717, 1.165) is 29.6 Å². The first-order valence-electron chi connectivity index (χ1n) is 7.62. The first kappa shape index (κ1) is 13.3. The zero-order chi connectivity index (χ0) is 13.8. The number of hydrogen-bond acceptors (Lipinski definition) is 3. The van der Waals surface area contributed by atoms with Crippen LogP contribution in [0.5, 0.6) is 5.75 Å². The summed E-state index contributed by atoms with van der Waals surface area (Å²) >= 11 is 0. The average molecular weight is 274 g/mol. The summed E-state index contributed by atoms with van der Waals surface area (Å²) < 4.78 is 5.35. The van der Waals surface area contributed by atoms with Gasteiger partial charge in [0.1, 0.15) is 5.75 Å². The Bertz CT molecular complexity index is 481. The van der Waals surface area contributed by atoms with Crippen molar-refractivity contribution in [1.82, 2.24) is 0 Å². The highest BCUT2D eigenvalue weighted by Crippen LogP contribution is 2.31. The summed E-state index contributed by atoms with van der Waals surface area (Å²) in [6, 6.07) is 5.88. The van der Waals surface area contributed by atoms with Gasteiger partial charge in [0.2, 0.25) is 0 Å². The lowest BCUT2D eigenvalue weighted by atomic mass is 9.87. The van der Waals surface area contributed by atoms with Crippen LogP contribution in [0.3, 0.4) is 0 Å². The number of hydrogen-bond donors (Lipinski definition) is 2. The fourth-order valence-corrected chi connectivity index (χ4v) is 3.09. The van der Waals surface area contributed by atoms with E-state index >= 15 is 0 Å². The normalized spacial score (nSPS) is 18.9. The molecule has 1 aliphatic carbocycles. The molecule has 3 rings (SSSR count). The molecular weight excluding hydrogens is 252 g/mol. The van der Waals surface area contributed by atoms with E-state index in [-0.39, 0.29) is 12.5 Å². The van der Waals surface area contributed by atoms with E-state index < -0.39 is 0 Å². The van der Waals surface area contributed by atoms with E-state index in [4.69, 9.17) is 4.74 Å². The van der Waals surface area contributed by atoms with Crippen molar-refractivity contribution < 1.29 is 9.53 Å². The number of ether oxygens (including phenoxy) is 1. The summed E-state index contributed by atoms with van der Waals surface area (Å²) in [6.45, 7) is 1.11. The molecule has 1 fully saturated rings. The van der Waals surface area contributed by atoms with Gasteiger partial charge in [-0.1, -0.05) is 32.1 Å². The Morgan fingerprint density at radius 1 is 1.25 bits per heavy atom. The van der Waals surface area contributed by atoms with E-state index in [2.05, 4.69) is 10.6 Å². The highest BCUT2D eigenvalue weighted by atomic mass is 16.5. The van der Waals surface area contributed by atoms with Crippen molar-refractivity contribution in [2.45, 2.75) is 38.5 Å². The fraction of sp³-hybridized carbons (Fsp3) is 0.562. The van der Waals surface area contributed by atoms with Crippen molar-refractivity contribution in [3.05, 3.63) is 18.2 Å². The molecule has 2 N–H and O–H groups in total. The van der Waals surface area contributed by atoms with Gasteiger partial charge in [-0.3, -0.25) is 4.79 Å². The number of fused-ring (bicyclic) bond motifs is 1. The van der Waals surface area contributed by atoms with Gasteiger partial charge in [-0.05, 0) is 30.5 Å². The molecular formula is C16H22N2O2. The fourth-order valence-electron chi connectivity index (χ4n) is 3.09. The third-order valence-electron chi connectivity index (χ3n) is 4.22. The van der Waals surface area contributed by atoms with E-state index in [1.807, 2.05) is 18.2 Å².